The molecule has 0 atom stereocenters. The fourth-order valence-corrected chi connectivity index (χ4v) is 1.35. The monoisotopic (exact) mass is 225 g/mol. The molecule has 0 unspecified atom stereocenters. The Hall–Kier alpha value is -2.63. The summed E-state index contributed by atoms with van der Waals surface area (Å²) in [6.45, 7) is 0. The normalized spacial score (nSPS) is 10.4. The summed E-state index contributed by atoms with van der Waals surface area (Å²) in [5.41, 5.74) is 1.35. The van der Waals surface area contributed by atoms with Crippen molar-refractivity contribution >= 4 is 0 Å². The highest BCUT2D eigenvalue weighted by Crippen LogP contribution is 2.19. The highest BCUT2D eigenvalue weighted by atomic mass is 16.5. The van der Waals surface area contributed by atoms with Gasteiger partial charge < -0.3 is 4.52 Å². The molecule has 0 aliphatic heterocycles. The van der Waals surface area contributed by atoms with Crippen LogP contribution in [0.3, 0.4) is 0 Å². The second kappa shape index (κ2) is 4.09. The highest BCUT2D eigenvalue weighted by molar-refractivity contribution is 5.55. The minimum Gasteiger partial charge on any atom is -0.333 e. The SMILES string of the molecule is c1cncc(-c2nc(-c3cnccn3)no2)c1. The maximum atomic E-state index is 5.14. The van der Waals surface area contributed by atoms with Crippen LogP contribution in [0.1, 0.15) is 0 Å². The molecular weight excluding hydrogens is 218 g/mol. The van der Waals surface area contributed by atoms with Crippen LogP contribution in [0.5, 0.6) is 0 Å². The Morgan fingerprint density at radius 3 is 2.71 bits per heavy atom. The van der Waals surface area contributed by atoms with Crippen LogP contribution in [0.2, 0.25) is 0 Å². The zero-order valence-corrected chi connectivity index (χ0v) is 8.69. The van der Waals surface area contributed by atoms with E-state index in [-0.39, 0.29) is 0 Å². The van der Waals surface area contributed by atoms with Crippen molar-refractivity contribution in [2.75, 3.05) is 0 Å². The maximum absolute atomic E-state index is 5.14. The Bertz CT molecular complexity index is 554. The molecule has 0 saturated heterocycles. The molecule has 0 aromatic carbocycles. The third-order valence-corrected chi connectivity index (χ3v) is 2.13. The van der Waals surface area contributed by atoms with Crippen LogP contribution in [0.25, 0.3) is 23.0 Å². The minimum atomic E-state index is 0.414. The summed E-state index contributed by atoms with van der Waals surface area (Å²) in [6.07, 6.45) is 8.09. The number of hydrogen-bond donors (Lipinski definition) is 0. The smallest absolute Gasteiger partial charge is 0.259 e. The summed E-state index contributed by atoms with van der Waals surface area (Å²) in [4.78, 5) is 16.3. The fraction of sp³-hybridized carbons (Fsp3) is 0. The molecule has 3 rings (SSSR count). The van der Waals surface area contributed by atoms with Gasteiger partial charge in [-0.3, -0.25) is 9.97 Å². The molecule has 0 aliphatic rings. The van der Waals surface area contributed by atoms with Crippen LogP contribution in [-0.2, 0) is 0 Å². The molecular formula is C11H7N5O. The second-order valence-corrected chi connectivity index (χ2v) is 3.26. The Balaban J connectivity index is 1.99. The lowest BCUT2D eigenvalue weighted by molar-refractivity contribution is 0.432. The van der Waals surface area contributed by atoms with Gasteiger partial charge in [0, 0.05) is 24.8 Å². The summed E-state index contributed by atoms with van der Waals surface area (Å²) in [5.74, 6) is 0.829. The number of pyridine rings is 1. The van der Waals surface area contributed by atoms with Crippen LogP contribution < -0.4 is 0 Å². The van der Waals surface area contributed by atoms with E-state index in [0.29, 0.717) is 17.4 Å². The van der Waals surface area contributed by atoms with Gasteiger partial charge in [0.25, 0.3) is 5.89 Å². The molecule has 0 N–H and O–H groups in total. The van der Waals surface area contributed by atoms with E-state index in [1.165, 1.54) is 0 Å². The molecule has 0 bridgehead atoms. The lowest BCUT2D eigenvalue weighted by Gasteiger charge is -1.90. The van der Waals surface area contributed by atoms with Gasteiger partial charge in [0.1, 0.15) is 5.69 Å². The summed E-state index contributed by atoms with van der Waals surface area (Å²) in [6, 6.07) is 3.66. The van der Waals surface area contributed by atoms with Crippen molar-refractivity contribution in [3.63, 3.8) is 0 Å². The van der Waals surface area contributed by atoms with Gasteiger partial charge in [0.2, 0.25) is 5.82 Å². The third kappa shape index (κ3) is 1.87. The van der Waals surface area contributed by atoms with Crippen molar-refractivity contribution in [1.29, 1.82) is 0 Å². The van der Waals surface area contributed by atoms with E-state index < -0.39 is 0 Å². The summed E-state index contributed by atoms with van der Waals surface area (Å²) >= 11 is 0. The average Bonchev–Trinajstić information content (AvgIpc) is 2.90. The van der Waals surface area contributed by atoms with Crippen molar-refractivity contribution in [3.8, 4) is 23.0 Å². The summed E-state index contributed by atoms with van der Waals surface area (Å²) in [5, 5.41) is 3.85. The third-order valence-electron chi connectivity index (χ3n) is 2.13. The van der Waals surface area contributed by atoms with E-state index in [1.807, 2.05) is 12.1 Å². The molecule has 0 aliphatic carbocycles. The Morgan fingerprint density at radius 1 is 1.00 bits per heavy atom. The first-order valence-electron chi connectivity index (χ1n) is 4.94. The molecule has 0 spiro atoms. The zero-order chi connectivity index (χ0) is 11.5. The Kier molecular flexibility index (Phi) is 2.31. The molecule has 0 radical (unpaired) electrons. The van der Waals surface area contributed by atoms with Crippen LogP contribution >= 0.6 is 0 Å². The second-order valence-electron chi connectivity index (χ2n) is 3.26. The molecule has 6 nitrogen and oxygen atoms in total. The van der Waals surface area contributed by atoms with Crippen molar-refractivity contribution < 1.29 is 4.52 Å². The molecule has 3 aromatic rings. The van der Waals surface area contributed by atoms with Gasteiger partial charge in [-0.15, -0.1) is 0 Å². The first-order chi connectivity index (χ1) is 8.43. The Morgan fingerprint density at radius 2 is 1.94 bits per heavy atom. The van der Waals surface area contributed by atoms with E-state index in [2.05, 4.69) is 25.1 Å². The van der Waals surface area contributed by atoms with Crippen molar-refractivity contribution in [2.24, 2.45) is 0 Å². The summed E-state index contributed by atoms with van der Waals surface area (Å²) in [7, 11) is 0. The molecule has 3 heterocycles. The number of nitrogens with zero attached hydrogens (tertiary/aromatic N) is 5. The lowest BCUT2D eigenvalue weighted by Crippen LogP contribution is -1.86. The highest BCUT2D eigenvalue weighted by Gasteiger charge is 2.11. The fourth-order valence-electron chi connectivity index (χ4n) is 1.35. The predicted molar refractivity (Wildman–Crippen MR) is 58.6 cm³/mol. The standard InChI is InChI=1S/C11H7N5O/c1-2-8(6-12-3-1)11-15-10(16-17-11)9-7-13-4-5-14-9/h1-7H. The van der Waals surface area contributed by atoms with E-state index in [4.69, 9.17) is 4.52 Å². The molecule has 0 amide bonds. The van der Waals surface area contributed by atoms with Gasteiger partial charge in [0.05, 0.1) is 11.8 Å². The van der Waals surface area contributed by atoms with Gasteiger partial charge in [-0.25, -0.2) is 4.98 Å². The molecule has 82 valence electrons. The largest absolute Gasteiger partial charge is 0.333 e. The molecule has 3 aromatic heterocycles. The van der Waals surface area contributed by atoms with Crippen LogP contribution in [0.4, 0.5) is 0 Å². The van der Waals surface area contributed by atoms with Crippen molar-refractivity contribution in [2.45, 2.75) is 0 Å². The van der Waals surface area contributed by atoms with Gasteiger partial charge in [0.15, 0.2) is 0 Å². The van der Waals surface area contributed by atoms with Crippen LogP contribution in [0, 0.1) is 0 Å². The quantitative estimate of drug-likeness (QED) is 0.659. The zero-order valence-electron chi connectivity index (χ0n) is 8.69. The van der Waals surface area contributed by atoms with E-state index in [1.54, 1.807) is 31.0 Å². The minimum absolute atomic E-state index is 0.414. The first-order valence-corrected chi connectivity index (χ1v) is 4.94. The topological polar surface area (TPSA) is 77.6 Å². The Labute approximate surface area is 96.4 Å². The molecule has 0 saturated carbocycles. The number of rotatable bonds is 2. The van der Waals surface area contributed by atoms with Gasteiger partial charge >= 0.3 is 0 Å². The predicted octanol–water partition coefficient (Wildman–Crippen LogP) is 1.59. The molecule has 17 heavy (non-hydrogen) atoms. The maximum Gasteiger partial charge on any atom is 0.259 e. The van der Waals surface area contributed by atoms with Gasteiger partial charge in [-0.2, -0.15) is 4.98 Å². The first kappa shape index (κ1) is 9.59. The van der Waals surface area contributed by atoms with Crippen LogP contribution in [-0.4, -0.2) is 25.1 Å². The van der Waals surface area contributed by atoms with E-state index in [0.717, 1.165) is 5.56 Å². The molecule has 0 fully saturated rings. The van der Waals surface area contributed by atoms with Gasteiger partial charge in [-0.05, 0) is 12.1 Å². The van der Waals surface area contributed by atoms with Crippen molar-refractivity contribution in [1.82, 2.24) is 25.1 Å². The number of aromatic nitrogens is 5. The van der Waals surface area contributed by atoms with E-state index >= 15 is 0 Å². The average molecular weight is 225 g/mol. The van der Waals surface area contributed by atoms with Gasteiger partial charge in [-0.1, -0.05) is 5.16 Å². The lowest BCUT2D eigenvalue weighted by atomic mass is 10.3. The van der Waals surface area contributed by atoms with Crippen molar-refractivity contribution in [3.05, 3.63) is 43.1 Å². The summed E-state index contributed by atoms with van der Waals surface area (Å²) < 4.78 is 5.14. The van der Waals surface area contributed by atoms with E-state index in [9.17, 15) is 0 Å². The van der Waals surface area contributed by atoms with Crippen LogP contribution in [0.15, 0.2) is 47.6 Å². The molecule has 6 heteroatoms. The number of hydrogen-bond acceptors (Lipinski definition) is 6.